The van der Waals surface area contributed by atoms with Crippen LogP contribution in [0.15, 0.2) is 0 Å². The van der Waals surface area contributed by atoms with Crippen LogP contribution in [0.3, 0.4) is 0 Å². The quantitative estimate of drug-likeness (QED) is 0.705. The summed E-state index contributed by atoms with van der Waals surface area (Å²) in [6, 6.07) is -0.367. The van der Waals surface area contributed by atoms with Gasteiger partial charge in [-0.15, -0.1) is 0 Å². The van der Waals surface area contributed by atoms with Gasteiger partial charge >= 0.3 is 0 Å². The topological polar surface area (TPSA) is 55.1 Å². The molecular weight excluding hydrogens is 196 g/mol. The van der Waals surface area contributed by atoms with Crippen molar-refractivity contribution in [1.29, 1.82) is 0 Å². The van der Waals surface area contributed by atoms with Gasteiger partial charge in [0, 0.05) is 11.8 Å². The first kappa shape index (κ1) is 13.8. The minimum atomic E-state index is -0.367. The van der Waals surface area contributed by atoms with Crippen LogP contribution in [0.2, 0.25) is 0 Å². The van der Waals surface area contributed by atoms with Crippen molar-refractivity contribution in [1.82, 2.24) is 5.32 Å². The number of thioether (sulfide) groups is 1. The van der Waals surface area contributed by atoms with Crippen LogP contribution in [0.4, 0.5) is 0 Å². The summed E-state index contributed by atoms with van der Waals surface area (Å²) < 4.78 is 0. The molecule has 3 nitrogen and oxygen atoms in total. The van der Waals surface area contributed by atoms with E-state index in [9.17, 15) is 4.79 Å². The third-order valence-electron chi connectivity index (χ3n) is 2.53. The first-order valence-corrected chi connectivity index (χ1v) is 6.37. The summed E-state index contributed by atoms with van der Waals surface area (Å²) in [6.07, 6.45) is 2.97. The standard InChI is InChI=1S/C10H22N2OS/c1-5-7(2)9(11)10(13)12-6-8(3)14-4/h7-9H,5-6,11H2,1-4H3,(H,12,13)/t7-,8?,9-/m0/s1. The Hall–Kier alpha value is -0.220. The lowest BCUT2D eigenvalue weighted by molar-refractivity contribution is -0.123. The lowest BCUT2D eigenvalue weighted by Gasteiger charge is -2.18. The van der Waals surface area contributed by atoms with E-state index in [0.717, 1.165) is 6.42 Å². The minimum Gasteiger partial charge on any atom is -0.354 e. The Morgan fingerprint density at radius 2 is 2.07 bits per heavy atom. The van der Waals surface area contributed by atoms with E-state index in [2.05, 4.69) is 12.2 Å². The molecule has 3 N–H and O–H groups in total. The Morgan fingerprint density at radius 1 is 1.50 bits per heavy atom. The number of nitrogens with two attached hydrogens (primary N) is 1. The molecule has 0 aromatic heterocycles. The third kappa shape index (κ3) is 4.86. The zero-order valence-corrected chi connectivity index (χ0v) is 10.4. The lowest BCUT2D eigenvalue weighted by Crippen LogP contribution is -2.46. The molecule has 0 spiro atoms. The van der Waals surface area contributed by atoms with Crippen LogP contribution in [0, 0.1) is 5.92 Å². The molecule has 0 saturated heterocycles. The molecule has 0 aliphatic rings. The van der Waals surface area contributed by atoms with Gasteiger partial charge in [0.25, 0.3) is 0 Å². The SMILES string of the molecule is CC[C@H](C)[C@H](N)C(=O)NCC(C)SC. The van der Waals surface area contributed by atoms with E-state index in [1.807, 2.05) is 20.1 Å². The van der Waals surface area contributed by atoms with Crippen LogP contribution in [-0.2, 0) is 4.79 Å². The molecule has 84 valence electrons. The van der Waals surface area contributed by atoms with Crippen LogP contribution in [0.5, 0.6) is 0 Å². The maximum atomic E-state index is 11.5. The Bertz CT molecular complexity index is 176. The maximum Gasteiger partial charge on any atom is 0.237 e. The van der Waals surface area contributed by atoms with E-state index in [1.54, 1.807) is 11.8 Å². The Morgan fingerprint density at radius 3 is 2.50 bits per heavy atom. The summed E-state index contributed by atoms with van der Waals surface area (Å²) in [5.74, 6) is 0.222. The van der Waals surface area contributed by atoms with Gasteiger partial charge in [0.1, 0.15) is 0 Å². The molecule has 0 aromatic rings. The van der Waals surface area contributed by atoms with Gasteiger partial charge in [-0.1, -0.05) is 27.2 Å². The van der Waals surface area contributed by atoms with Crippen molar-refractivity contribution in [3.63, 3.8) is 0 Å². The average molecular weight is 218 g/mol. The molecule has 0 rings (SSSR count). The highest BCUT2D eigenvalue weighted by Gasteiger charge is 2.19. The number of hydrogen-bond donors (Lipinski definition) is 2. The molecule has 0 radical (unpaired) electrons. The normalized spacial score (nSPS) is 17.2. The van der Waals surface area contributed by atoms with Gasteiger partial charge in [-0.2, -0.15) is 11.8 Å². The largest absolute Gasteiger partial charge is 0.354 e. The number of amides is 1. The summed E-state index contributed by atoms with van der Waals surface area (Å²) in [5, 5.41) is 3.31. The van der Waals surface area contributed by atoms with Crippen molar-refractivity contribution >= 4 is 17.7 Å². The summed E-state index contributed by atoms with van der Waals surface area (Å²) in [4.78, 5) is 11.5. The monoisotopic (exact) mass is 218 g/mol. The minimum absolute atomic E-state index is 0.0275. The first-order valence-electron chi connectivity index (χ1n) is 5.09. The fourth-order valence-corrected chi connectivity index (χ4v) is 1.21. The molecule has 4 heteroatoms. The van der Waals surface area contributed by atoms with Gasteiger partial charge in [-0.25, -0.2) is 0 Å². The molecule has 1 unspecified atom stereocenters. The highest BCUT2D eigenvalue weighted by atomic mass is 32.2. The second kappa shape index (κ2) is 7.12. The second-order valence-corrected chi connectivity index (χ2v) is 4.98. The van der Waals surface area contributed by atoms with Crippen LogP contribution < -0.4 is 11.1 Å². The molecule has 0 fully saturated rings. The van der Waals surface area contributed by atoms with Crippen molar-refractivity contribution in [3.8, 4) is 0 Å². The van der Waals surface area contributed by atoms with Gasteiger partial charge in [-0.3, -0.25) is 4.79 Å². The number of rotatable bonds is 6. The molecule has 3 atom stereocenters. The van der Waals surface area contributed by atoms with Gasteiger partial charge < -0.3 is 11.1 Å². The Balaban J connectivity index is 3.84. The van der Waals surface area contributed by atoms with Crippen molar-refractivity contribution in [2.24, 2.45) is 11.7 Å². The Kier molecular flexibility index (Phi) is 7.01. The smallest absolute Gasteiger partial charge is 0.237 e. The van der Waals surface area contributed by atoms with E-state index >= 15 is 0 Å². The summed E-state index contributed by atoms with van der Waals surface area (Å²) in [6.45, 7) is 6.83. The van der Waals surface area contributed by atoms with Gasteiger partial charge in [-0.05, 0) is 12.2 Å². The summed E-state index contributed by atoms with van der Waals surface area (Å²) >= 11 is 1.74. The van der Waals surface area contributed by atoms with Crippen LogP contribution >= 0.6 is 11.8 Å². The average Bonchev–Trinajstić information content (AvgIpc) is 2.22. The van der Waals surface area contributed by atoms with E-state index in [-0.39, 0.29) is 17.9 Å². The number of carbonyl (C=O) groups excluding carboxylic acids is 1. The first-order chi connectivity index (χ1) is 6.52. The van der Waals surface area contributed by atoms with Gasteiger partial charge in [0.2, 0.25) is 5.91 Å². The van der Waals surface area contributed by atoms with E-state index in [1.165, 1.54) is 0 Å². The number of hydrogen-bond acceptors (Lipinski definition) is 3. The lowest BCUT2D eigenvalue weighted by atomic mass is 9.99. The molecule has 0 heterocycles. The zero-order chi connectivity index (χ0) is 11.1. The van der Waals surface area contributed by atoms with Crippen molar-refractivity contribution in [2.45, 2.75) is 38.5 Å². The van der Waals surface area contributed by atoms with Crippen molar-refractivity contribution in [3.05, 3.63) is 0 Å². The predicted molar refractivity (Wildman–Crippen MR) is 63.4 cm³/mol. The molecule has 0 aromatic carbocycles. The van der Waals surface area contributed by atoms with E-state index < -0.39 is 0 Å². The van der Waals surface area contributed by atoms with Crippen molar-refractivity contribution < 1.29 is 4.79 Å². The molecule has 0 bridgehead atoms. The fraction of sp³-hybridized carbons (Fsp3) is 0.900. The van der Waals surface area contributed by atoms with E-state index in [0.29, 0.717) is 11.8 Å². The third-order valence-corrected chi connectivity index (χ3v) is 3.50. The highest BCUT2D eigenvalue weighted by molar-refractivity contribution is 7.99. The molecule has 14 heavy (non-hydrogen) atoms. The molecule has 1 amide bonds. The predicted octanol–water partition coefficient (Wildman–Crippen LogP) is 1.23. The molecule has 0 saturated carbocycles. The van der Waals surface area contributed by atoms with Crippen LogP contribution in [-0.4, -0.2) is 30.0 Å². The summed E-state index contributed by atoms with van der Waals surface area (Å²) in [5.41, 5.74) is 5.78. The summed E-state index contributed by atoms with van der Waals surface area (Å²) in [7, 11) is 0. The van der Waals surface area contributed by atoms with Gasteiger partial charge in [0.05, 0.1) is 6.04 Å². The van der Waals surface area contributed by atoms with Gasteiger partial charge in [0.15, 0.2) is 0 Å². The molecule has 0 aliphatic heterocycles. The fourth-order valence-electron chi connectivity index (χ4n) is 0.958. The number of carbonyl (C=O) groups is 1. The second-order valence-electron chi connectivity index (χ2n) is 3.70. The van der Waals surface area contributed by atoms with E-state index in [4.69, 9.17) is 5.73 Å². The maximum absolute atomic E-state index is 11.5. The van der Waals surface area contributed by atoms with Crippen LogP contribution in [0.1, 0.15) is 27.2 Å². The Labute approximate surface area is 91.2 Å². The zero-order valence-electron chi connectivity index (χ0n) is 9.54. The molecular formula is C10H22N2OS. The highest BCUT2D eigenvalue weighted by Crippen LogP contribution is 2.06. The van der Waals surface area contributed by atoms with Crippen LogP contribution in [0.25, 0.3) is 0 Å². The molecule has 0 aliphatic carbocycles. The number of nitrogens with one attached hydrogen (secondary N) is 1. The van der Waals surface area contributed by atoms with Crippen molar-refractivity contribution in [2.75, 3.05) is 12.8 Å².